The highest BCUT2D eigenvalue weighted by atomic mass is 79.9. The molecule has 1 amide bonds. The van der Waals surface area contributed by atoms with Gasteiger partial charge in [-0.05, 0) is 61.8 Å². The number of carbonyl (C=O) groups excluding carboxylic acids is 1. The molecule has 0 bridgehead atoms. The molecule has 0 heterocycles. The Balaban J connectivity index is 2.99. The smallest absolute Gasteiger partial charge is 0.231 e. The fraction of sp³-hybridized carbons (Fsp3) is 0.429. The first-order valence-electron chi connectivity index (χ1n) is 5.89. The molecule has 3 N–H and O–H groups in total. The molecule has 5 heteroatoms. The number of carbonyl (C=O) groups is 1. The molecular formula is C14H18BrN3O. The molecule has 0 unspecified atom stereocenters. The van der Waals surface area contributed by atoms with Crippen molar-refractivity contribution in [3.05, 3.63) is 28.2 Å². The number of rotatable bonds is 3. The van der Waals surface area contributed by atoms with Gasteiger partial charge in [0.05, 0.1) is 22.7 Å². The van der Waals surface area contributed by atoms with Crippen LogP contribution in [0.4, 0.5) is 5.69 Å². The van der Waals surface area contributed by atoms with Crippen LogP contribution in [-0.4, -0.2) is 11.4 Å². The number of nitrogens with zero attached hydrogens (tertiary/aromatic N) is 1. The van der Waals surface area contributed by atoms with Gasteiger partial charge in [0.2, 0.25) is 5.91 Å². The molecule has 0 spiro atoms. The number of halogens is 1. The zero-order valence-corrected chi connectivity index (χ0v) is 13.1. The zero-order chi connectivity index (χ0) is 14.8. The lowest BCUT2D eigenvalue weighted by atomic mass is 9.74. The van der Waals surface area contributed by atoms with Crippen LogP contribution in [0, 0.1) is 16.7 Å². The molecule has 0 aromatic heterocycles. The summed E-state index contributed by atoms with van der Waals surface area (Å²) in [6, 6.07) is 7.05. The Morgan fingerprint density at radius 1 is 1.37 bits per heavy atom. The van der Waals surface area contributed by atoms with Crippen LogP contribution >= 0.6 is 15.9 Å². The molecule has 0 atom stereocenters. The van der Waals surface area contributed by atoms with E-state index in [9.17, 15) is 4.79 Å². The second-order valence-electron chi connectivity index (χ2n) is 5.61. The minimum absolute atomic E-state index is 0.162. The van der Waals surface area contributed by atoms with E-state index >= 15 is 0 Å². The fourth-order valence-electron chi connectivity index (χ4n) is 1.26. The summed E-state index contributed by atoms with van der Waals surface area (Å²) in [6.45, 7) is 7.25. The number of benzene rings is 1. The van der Waals surface area contributed by atoms with Crippen molar-refractivity contribution in [3.8, 4) is 6.07 Å². The van der Waals surface area contributed by atoms with Gasteiger partial charge in [-0.2, -0.15) is 5.26 Å². The van der Waals surface area contributed by atoms with E-state index in [2.05, 4.69) is 21.2 Å². The van der Waals surface area contributed by atoms with E-state index < -0.39 is 11.0 Å². The molecule has 4 nitrogen and oxygen atoms in total. The highest BCUT2D eigenvalue weighted by Gasteiger charge is 2.40. The van der Waals surface area contributed by atoms with Crippen molar-refractivity contribution < 1.29 is 4.79 Å². The first-order valence-corrected chi connectivity index (χ1v) is 6.69. The van der Waals surface area contributed by atoms with Gasteiger partial charge in [0.25, 0.3) is 0 Å². The molecule has 1 rings (SSSR count). The SMILES string of the molecule is CC(C)(N)C(C)(C)C(=O)Nc1ccc(C#N)cc1Br. The lowest BCUT2D eigenvalue weighted by molar-refractivity contribution is -0.126. The predicted octanol–water partition coefficient (Wildman–Crippen LogP) is 3.02. The summed E-state index contributed by atoms with van der Waals surface area (Å²) in [6.07, 6.45) is 0. The summed E-state index contributed by atoms with van der Waals surface area (Å²) >= 11 is 3.34. The Morgan fingerprint density at radius 3 is 2.37 bits per heavy atom. The van der Waals surface area contributed by atoms with Crippen LogP contribution in [0.25, 0.3) is 0 Å². The normalized spacial score (nSPS) is 11.8. The Bertz CT molecular complexity index is 539. The number of hydrogen-bond donors (Lipinski definition) is 2. The maximum Gasteiger partial charge on any atom is 0.231 e. The van der Waals surface area contributed by atoms with Gasteiger partial charge in [0.15, 0.2) is 0 Å². The van der Waals surface area contributed by atoms with Gasteiger partial charge in [-0.15, -0.1) is 0 Å². The highest BCUT2D eigenvalue weighted by molar-refractivity contribution is 9.10. The van der Waals surface area contributed by atoms with Crippen LogP contribution in [0.5, 0.6) is 0 Å². The third kappa shape index (κ3) is 3.34. The quantitative estimate of drug-likeness (QED) is 0.897. The summed E-state index contributed by atoms with van der Waals surface area (Å²) in [7, 11) is 0. The molecule has 0 saturated heterocycles. The van der Waals surface area contributed by atoms with Crippen LogP contribution in [-0.2, 0) is 4.79 Å². The summed E-state index contributed by atoms with van der Waals surface area (Å²) in [5.74, 6) is -0.162. The molecule has 0 saturated carbocycles. The molecule has 0 aliphatic carbocycles. The molecule has 0 aliphatic heterocycles. The van der Waals surface area contributed by atoms with E-state index in [4.69, 9.17) is 11.0 Å². The van der Waals surface area contributed by atoms with Crippen LogP contribution in [0.2, 0.25) is 0 Å². The summed E-state index contributed by atoms with van der Waals surface area (Å²) in [4.78, 5) is 12.3. The monoisotopic (exact) mass is 323 g/mol. The Hall–Kier alpha value is -1.38. The van der Waals surface area contributed by atoms with Crippen LogP contribution in [0.3, 0.4) is 0 Å². The standard InChI is InChI=1S/C14H18BrN3O/c1-13(2,14(3,4)17)12(19)18-11-6-5-9(8-16)7-10(11)15/h5-7H,17H2,1-4H3,(H,18,19). The molecule has 1 aromatic carbocycles. The Labute approximate surface area is 122 Å². The number of hydrogen-bond acceptors (Lipinski definition) is 3. The fourth-order valence-corrected chi connectivity index (χ4v) is 1.74. The number of amides is 1. The highest BCUT2D eigenvalue weighted by Crippen LogP contribution is 2.31. The first kappa shape index (κ1) is 15.7. The van der Waals surface area contributed by atoms with Crippen LogP contribution < -0.4 is 11.1 Å². The largest absolute Gasteiger partial charge is 0.325 e. The van der Waals surface area contributed by atoms with Crippen molar-refractivity contribution in [2.45, 2.75) is 33.2 Å². The van der Waals surface area contributed by atoms with Crippen molar-refractivity contribution in [1.29, 1.82) is 5.26 Å². The maximum absolute atomic E-state index is 12.3. The lowest BCUT2D eigenvalue weighted by Gasteiger charge is -2.36. The van der Waals surface area contributed by atoms with Crippen molar-refractivity contribution >= 4 is 27.5 Å². The average molecular weight is 324 g/mol. The Kier molecular flexibility index (Phi) is 4.39. The number of anilines is 1. The van der Waals surface area contributed by atoms with Gasteiger partial charge in [-0.25, -0.2) is 0 Å². The van der Waals surface area contributed by atoms with E-state index in [0.717, 1.165) is 0 Å². The van der Waals surface area contributed by atoms with Crippen molar-refractivity contribution in [2.24, 2.45) is 11.1 Å². The van der Waals surface area contributed by atoms with E-state index in [-0.39, 0.29) is 5.91 Å². The summed E-state index contributed by atoms with van der Waals surface area (Å²) in [5.41, 5.74) is 5.83. The molecular weight excluding hydrogens is 306 g/mol. The number of nitrogens with two attached hydrogens (primary N) is 1. The molecule has 0 aliphatic rings. The molecule has 0 radical (unpaired) electrons. The van der Waals surface area contributed by atoms with Crippen molar-refractivity contribution in [2.75, 3.05) is 5.32 Å². The third-order valence-corrected chi connectivity index (χ3v) is 4.18. The first-order chi connectivity index (χ1) is 8.59. The van der Waals surface area contributed by atoms with E-state index in [0.29, 0.717) is 15.7 Å². The number of nitriles is 1. The topological polar surface area (TPSA) is 78.9 Å². The molecule has 19 heavy (non-hydrogen) atoms. The van der Waals surface area contributed by atoms with Gasteiger partial charge in [-0.1, -0.05) is 0 Å². The zero-order valence-electron chi connectivity index (χ0n) is 11.5. The number of nitrogens with one attached hydrogen (secondary N) is 1. The van der Waals surface area contributed by atoms with Gasteiger partial charge in [0.1, 0.15) is 0 Å². The van der Waals surface area contributed by atoms with Gasteiger partial charge in [0, 0.05) is 10.0 Å². The molecule has 0 fully saturated rings. The lowest BCUT2D eigenvalue weighted by Crippen LogP contribution is -2.53. The maximum atomic E-state index is 12.3. The van der Waals surface area contributed by atoms with E-state index in [1.807, 2.05) is 19.9 Å². The van der Waals surface area contributed by atoms with Crippen LogP contribution in [0.1, 0.15) is 33.3 Å². The molecule has 102 valence electrons. The van der Waals surface area contributed by atoms with Gasteiger partial charge < -0.3 is 11.1 Å². The third-order valence-electron chi connectivity index (χ3n) is 3.52. The Morgan fingerprint density at radius 2 is 1.95 bits per heavy atom. The summed E-state index contributed by atoms with van der Waals surface area (Å²) < 4.78 is 0.672. The van der Waals surface area contributed by atoms with E-state index in [1.54, 1.807) is 32.0 Å². The second-order valence-corrected chi connectivity index (χ2v) is 6.46. The summed E-state index contributed by atoms with van der Waals surface area (Å²) in [5, 5.41) is 11.6. The van der Waals surface area contributed by atoms with Gasteiger partial charge >= 0.3 is 0 Å². The van der Waals surface area contributed by atoms with Crippen molar-refractivity contribution in [1.82, 2.24) is 0 Å². The molecule has 1 aromatic rings. The van der Waals surface area contributed by atoms with Crippen LogP contribution in [0.15, 0.2) is 22.7 Å². The van der Waals surface area contributed by atoms with Gasteiger partial charge in [-0.3, -0.25) is 4.79 Å². The second kappa shape index (κ2) is 5.32. The average Bonchev–Trinajstić information content (AvgIpc) is 2.30. The van der Waals surface area contributed by atoms with E-state index in [1.165, 1.54) is 0 Å². The van der Waals surface area contributed by atoms with Crippen molar-refractivity contribution in [3.63, 3.8) is 0 Å². The minimum atomic E-state index is -0.722. The minimum Gasteiger partial charge on any atom is -0.325 e. The predicted molar refractivity (Wildman–Crippen MR) is 79.5 cm³/mol.